The zero-order chi connectivity index (χ0) is 21.8. The van der Waals surface area contributed by atoms with E-state index in [4.69, 9.17) is 14.0 Å². The molecule has 32 heavy (non-hydrogen) atoms. The van der Waals surface area contributed by atoms with Gasteiger partial charge in [-0.3, -0.25) is 4.79 Å². The minimum atomic E-state index is -0.0682. The molecule has 0 aliphatic carbocycles. The zero-order valence-electron chi connectivity index (χ0n) is 17.4. The molecule has 1 aliphatic rings. The molecule has 0 unspecified atom stereocenters. The number of nitrogens with one attached hydrogen (secondary N) is 1. The van der Waals surface area contributed by atoms with E-state index in [1.807, 2.05) is 66.7 Å². The fraction of sp³-hybridized carbons (Fsp3) is 0.154. The second-order valence-corrected chi connectivity index (χ2v) is 7.56. The lowest BCUT2D eigenvalue weighted by atomic mass is 10.0. The lowest BCUT2D eigenvalue weighted by molar-refractivity contribution is -0.120. The van der Waals surface area contributed by atoms with Crippen molar-refractivity contribution >= 4 is 5.91 Å². The molecular weight excluding hydrogens is 404 g/mol. The summed E-state index contributed by atoms with van der Waals surface area (Å²) in [6.45, 7) is 1.38. The molecular formula is C26H22N2O4. The number of nitrogens with zero attached hydrogens (tertiary/aromatic N) is 1. The van der Waals surface area contributed by atoms with Gasteiger partial charge in [-0.25, -0.2) is 0 Å². The van der Waals surface area contributed by atoms with Gasteiger partial charge >= 0.3 is 0 Å². The van der Waals surface area contributed by atoms with Crippen LogP contribution in [-0.2, 0) is 17.8 Å². The van der Waals surface area contributed by atoms with Crippen molar-refractivity contribution in [1.29, 1.82) is 0 Å². The maximum Gasteiger partial charge on any atom is 0.224 e. The van der Waals surface area contributed by atoms with Crippen molar-refractivity contribution in [3.05, 3.63) is 90.1 Å². The fourth-order valence-electron chi connectivity index (χ4n) is 3.61. The Morgan fingerprint density at radius 1 is 0.812 bits per heavy atom. The fourth-order valence-corrected chi connectivity index (χ4v) is 3.61. The first-order chi connectivity index (χ1) is 15.7. The van der Waals surface area contributed by atoms with E-state index in [0.29, 0.717) is 43.4 Å². The molecule has 6 heteroatoms. The highest BCUT2D eigenvalue weighted by atomic mass is 16.6. The van der Waals surface area contributed by atoms with Gasteiger partial charge in [-0.15, -0.1) is 0 Å². The quantitative estimate of drug-likeness (QED) is 0.486. The highest BCUT2D eigenvalue weighted by Gasteiger charge is 2.15. The topological polar surface area (TPSA) is 73.6 Å². The van der Waals surface area contributed by atoms with Crippen molar-refractivity contribution in [3.63, 3.8) is 0 Å². The average Bonchev–Trinajstić information content (AvgIpc) is 3.33. The van der Waals surface area contributed by atoms with Gasteiger partial charge in [0.05, 0.1) is 13.0 Å². The Bertz CT molecular complexity index is 1220. The van der Waals surface area contributed by atoms with Crippen LogP contribution in [0.5, 0.6) is 11.5 Å². The van der Waals surface area contributed by atoms with Crippen LogP contribution in [0.2, 0.25) is 0 Å². The maximum absolute atomic E-state index is 12.4. The third kappa shape index (κ3) is 4.49. The van der Waals surface area contributed by atoms with Gasteiger partial charge in [0, 0.05) is 11.6 Å². The Labute approximate surface area is 185 Å². The van der Waals surface area contributed by atoms with E-state index in [2.05, 4.69) is 22.6 Å². The van der Waals surface area contributed by atoms with Crippen molar-refractivity contribution in [3.8, 4) is 33.9 Å². The molecule has 1 aliphatic heterocycles. The van der Waals surface area contributed by atoms with Crippen LogP contribution in [0, 0.1) is 0 Å². The average molecular weight is 426 g/mol. The van der Waals surface area contributed by atoms with E-state index < -0.39 is 0 Å². The first-order valence-electron chi connectivity index (χ1n) is 10.5. The van der Waals surface area contributed by atoms with Crippen LogP contribution in [0.1, 0.15) is 11.3 Å². The maximum atomic E-state index is 12.4. The molecule has 0 atom stereocenters. The Morgan fingerprint density at radius 3 is 2.34 bits per heavy atom. The Balaban J connectivity index is 1.17. The second kappa shape index (κ2) is 8.98. The van der Waals surface area contributed by atoms with Gasteiger partial charge in [0.2, 0.25) is 5.91 Å². The van der Waals surface area contributed by atoms with Crippen LogP contribution >= 0.6 is 0 Å². The van der Waals surface area contributed by atoms with Crippen molar-refractivity contribution in [2.45, 2.75) is 13.0 Å². The summed E-state index contributed by atoms with van der Waals surface area (Å²) < 4.78 is 16.6. The first-order valence-corrected chi connectivity index (χ1v) is 10.5. The van der Waals surface area contributed by atoms with E-state index in [-0.39, 0.29) is 5.91 Å². The Hall–Kier alpha value is -4.06. The molecule has 6 nitrogen and oxygen atoms in total. The summed E-state index contributed by atoms with van der Waals surface area (Å²) in [6, 6.07) is 25.6. The van der Waals surface area contributed by atoms with Crippen LogP contribution in [0.25, 0.3) is 22.5 Å². The molecule has 0 saturated heterocycles. The van der Waals surface area contributed by atoms with Gasteiger partial charge in [-0.2, -0.15) is 0 Å². The van der Waals surface area contributed by atoms with Crippen LogP contribution in [0.3, 0.4) is 0 Å². The highest BCUT2D eigenvalue weighted by molar-refractivity contribution is 5.79. The van der Waals surface area contributed by atoms with Gasteiger partial charge in [-0.05, 0) is 34.9 Å². The van der Waals surface area contributed by atoms with Crippen molar-refractivity contribution < 1.29 is 18.8 Å². The Kier molecular flexibility index (Phi) is 5.58. The molecule has 0 radical (unpaired) electrons. The molecule has 5 rings (SSSR count). The van der Waals surface area contributed by atoms with Crippen molar-refractivity contribution in [2.24, 2.45) is 0 Å². The van der Waals surface area contributed by atoms with Crippen molar-refractivity contribution in [2.75, 3.05) is 13.2 Å². The lowest BCUT2D eigenvalue weighted by Crippen LogP contribution is -2.24. The lowest BCUT2D eigenvalue weighted by Gasteiger charge is -2.18. The molecule has 1 amide bonds. The van der Waals surface area contributed by atoms with E-state index in [0.717, 1.165) is 28.0 Å². The SMILES string of the molecule is O=C(Cc1ccc(-c2ccccc2)cc1)NCc1cc(-c2ccc3c(c2)OCCO3)on1. The predicted octanol–water partition coefficient (Wildman–Crippen LogP) is 4.64. The number of ether oxygens (including phenoxy) is 2. The summed E-state index contributed by atoms with van der Waals surface area (Å²) in [5, 5.41) is 6.97. The Morgan fingerprint density at radius 2 is 1.53 bits per heavy atom. The van der Waals surface area contributed by atoms with Crippen LogP contribution in [0.4, 0.5) is 0 Å². The van der Waals surface area contributed by atoms with E-state index in [9.17, 15) is 4.79 Å². The molecule has 4 aromatic rings. The van der Waals surface area contributed by atoms with Gasteiger partial charge in [0.15, 0.2) is 17.3 Å². The van der Waals surface area contributed by atoms with Crippen LogP contribution < -0.4 is 14.8 Å². The zero-order valence-corrected chi connectivity index (χ0v) is 17.4. The van der Waals surface area contributed by atoms with Gasteiger partial charge in [-0.1, -0.05) is 59.8 Å². The number of hydrogen-bond donors (Lipinski definition) is 1. The normalized spacial score (nSPS) is 12.4. The van der Waals surface area contributed by atoms with E-state index in [1.165, 1.54) is 0 Å². The molecule has 0 spiro atoms. The number of rotatable bonds is 6. The van der Waals surface area contributed by atoms with E-state index in [1.54, 1.807) is 0 Å². The standard InChI is InChI=1S/C26H22N2O4/c29-26(14-18-6-8-20(9-7-18)19-4-2-1-3-5-19)27-17-22-16-24(32-28-22)21-10-11-23-25(15-21)31-13-12-30-23/h1-11,15-16H,12-14,17H2,(H,27,29). The minimum Gasteiger partial charge on any atom is -0.486 e. The highest BCUT2D eigenvalue weighted by Crippen LogP contribution is 2.34. The summed E-state index contributed by atoms with van der Waals surface area (Å²) in [6.07, 6.45) is 0.307. The van der Waals surface area contributed by atoms with Crippen LogP contribution in [-0.4, -0.2) is 24.3 Å². The third-order valence-corrected chi connectivity index (χ3v) is 5.28. The molecule has 2 heterocycles. The van der Waals surface area contributed by atoms with Gasteiger partial charge in [0.25, 0.3) is 0 Å². The summed E-state index contributed by atoms with van der Waals surface area (Å²) in [4.78, 5) is 12.4. The largest absolute Gasteiger partial charge is 0.486 e. The molecule has 0 bridgehead atoms. The number of hydrogen-bond acceptors (Lipinski definition) is 5. The predicted molar refractivity (Wildman–Crippen MR) is 120 cm³/mol. The summed E-state index contributed by atoms with van der Waals surface area (Å²) in [5.41, 5.74) is 4.74. The monoisotopic (exact) mass is 426 g/mol. The number of aromatic nitrogens is 1. The molecule has 1 aromatic heterocycles. The first kappa shape index (κ1) is 19.9. The third-order valence-electron chi connectivity index (χ3n) is 5.28. The summed E-state index contributed by atoms with van der Waals surface area (Å²) >= 11 is 0. The second-order valence-electron chi connectivity index (χ2n) is 7.56. The summed E-state index contributed by atoms with van der Waals surface area (Å²) in [5.74, 6) is 1.96. The number of carbonyl (C=O) groups is 1. The van der Waals surface area contributed by atoms with Gasteiger partial charge in [0.1, 0.15) is 18.9 Å². The summed E-state index contributed by atoms with van der Waals surface area (Å²) in [7, 11) is 0. The van der Waals surface area contributed by atoms with Crippen molar-refractivity contribution in [1.82, 2.24) is 10.5 Å². The minimum absolute atomic E-state index is 0.0682. The molecule has 0 saturated carbocycles. The number of amides is 1. The molecule has 3 aromatic carbocycles. The smallest absolute Gasteiger partial charge is 0.224 e. The number of benzene rings is 3. The van der Waals surface area contributed by atoms with Gasteiger partial charge < -0.3 is 19.3 Å². The molecule has 160 valence electrons. The molecule has 0 fully saturated rings. The molecule has 1 N–H and O–H groups in total. The number of carbonyl (C=O) groups excluding carboxylic acids is 1. The number of fused-ring (bicyclic) bond motifs is 1. The van der Waals surface area contributed by atoms with Crippen LogP contribution in [0.15, 0.2) is 83.4 Å². The van der Waals surface area contributed by atoms with E-state index >= 15 is 0 Å².